The first-order valence-corrected chi connectivity index (χ1v) is 6.99. The van der Waals surface area contributed by atoms with Crippen LogP contribution in [0.15, 0.2) is 40.8 Å². The summed E-state index contributed by atoms with van der Waals surface area (Å²) in [5, 5.41) is 3.74. The zero-order valence-corrected chi connectivity index (χ0v) is 12.4. The van der Waals surface area contributed by atoms with E-state index in [4.69, 9.17) is 16.0 Å². The smallest absolute Gasteiger partial charge is 0.192 e. The molecule has 5 heteroatoms. The number of fused-ring (bicyclic) bond motifs is 1. The van der Waals surface area contributed by atoms with Gasteiger partial charge in [0.25, 0.3) is 0 Å². The molecule has 2 aromatic carbocycles. The van der Waals surface area contributed by atoms with Crippen LogP contribution in [-0.4, -0.2) is 4.98 Å². The first-order chi connectivity index (χ1) is 10.0. The molecule has 21 heavy (non-hydrogen) atoms. The van der Waals surface area contributed by atoms with Crippen LogP contribution in [0.1, 0.15) is 24.4 Å². The minimum atomic E-state index is -0.338. The number of hydrogen-bond acceptors (Lipinski definition) is 3. The molecule has 0 spiro atoms. The summed E-state index contributed by atoms with van der Waals surface area (Å²) in [6.07, 6.45) is 0. The third kappa shape index (κ3) is 2.85. The fraction of sp³-hybridized carbons (Fsp3) is 0.188. The highest BCUT2D eigenvalue weighted by atomic mass is 35.5. The van der Waals surface area contributed by atoms with Crippen LogP contribution in [0.5, 0.6) is 0 Å². The molecule has 0 fully saturated rings. The van der Waals surface area contributed by atoms with Crippen molar-refractivity contribution in [2.45, 2.75) is 19.9 Å². The SMILES string of the molecule is Cc1nc2cc(NC(C)c3ccc(F)cc3Cl)ccc2o1. The lowest BCUT2D eigenvalue weighted by Gasteiger charge is -2.17. The van der Waals surface area contributed by atoms with E-state index in [0.29, 0.717) is 10.9 Å². The predicted molar refractivity (Wildman–Crippen MR) is 82.2 cm³/mol. The Kier molecular flexibility index (Phi) is 3.55. The fourth-order valence-corrected chi connectivity index (χ4v) is 2.64. The molecule has 1 aromatic heterocycles. The lowest BCUT2D eigenvalue weighted by molar-refractivity contribution is 0.561. The first kappa shape index (κ1) is 13.9. The van der Waals surface area contributed by atoms with Gasteiger partial charge in [-0.05, 0) is 42.8 Å². The van der Waals surface area contributed by atoms with Gasteiger partial charge in [0, 0.05) is 23.7 Å². The second kappa shape index (κ2) is 5.37. The summed E-state index contributed by atoms with van der Waals surface area (Å²) < 4.78 is 18.5. The molecule has 3 nitrogen and oxygen atoms in total. The van der Waals surface area contributed by atoms with Gasteiger partial charge in [-0.3, -0.25) is 0 Å². The molecule has 0 saturated heterocycles. The minimum absolute atomic E-state index is 0.0523. The van der Waals surface area contributed by atoms with Gasteiger partial charge >= 0.3 is 0 Å². The molecule has 3 aromatic rings. The molecule has 108 valence electrons. The van der Waals surface area contributed by atoms with E-state index in [1.54, 1.807) is 6.07 Å². The van der Waals surface area contributed by atoms with Crippen molar-refractivity contribution in [3.63, 3.8) is 0 Å². The number of rotatable bonds is 3. The van der Waals surface area contributed by atoms with Gasteiger partial charge in [-0.25, -0.2) is 9.37 Å². The third-order valence-electron chi connectivity index (χ3n) is 3.31. The third-order valence-corrected chi connectivity index (χ3v) is 3.63. The van der Waals surface area contributed by atoms with E-state index in [9.17, 15) is 4.39 Å². The van der Waals surface area contributed by atoms with Gasteiger partial charge in [-0.15, -0.1) is 0 Å². The van der Waals surface area contributed by atoms with E-state index >= 15 is 0 Å². The van der Waals surface area contributed by atoms with Crippen molar-refractivity contribution in [1.29, 1.82) is 0 Å². The summed E-state index contributed by atoms with van der Waals surface area (Å²) in [6, 6.07) is 10.1. The summed E-state index contributed by atoms with van der Waals surface area (Å²) in [4.78, 5) is 4.30. The zero-order chi connectivity index (χ0) is 15.0. The van der Waals surface area contributed by atoms with Gasteiger partial charge in [0.1, 0.15) is 11.3 Å². The summed E-state index contributed by atoms with van der Waals surface area (Å²) in [6.45, 7) is 3.78. The number of hydrogen-bond donors (Lipinski definition) is 1. The number of oxazole rings is 1. The van der Waals surface area contributed by atoms with Crippen molar-refractivity contribution in [2.75, 3.05) is 5.32 Å². The summed E-state index contributed by atoms with van der Waals surface area (Å²) in [5.74, 6) is 0.298. The monoisotopic (exact) mass is 304 g/mol. The van der Waals surface area contributed by atoms with Gasteiger partial charge < -0.3 is 9.73 Å². The maximum Gasteiger partial charge on any atom is 0.192 e. The lowest BCUT2D eigenvalue weighted by Crippen LogP contribution is -2.07. The fourth-order valence-electron chi connectivity index (χ4n) is 2.31. The van der Waals surface area contributed by atoms with E-state index in [1.807, 2.05) is 32.0 Å². The van der Waals surface area contributed by atoms with Crippen LogP contribution in [0.2, 0.25) is 5.02 Å². The number of halogens is 2. The molecule has 1 unspecified atom stereocenters. The van der Waals surface area contributed by atoms with Gasteiger partial charge in [0.05, 0.1) is 0 Å². The standard InChI is InChI=1S/C16H14ClFN2O/c1-9(13-5-3-11(18)7-14(13)17)19-12-4-6-16-15(8-12)20-10(2)21-16/h3-9,19H,1-2H3. The zero-order valence-electron chi connectivity index (χ0n) is 11.7. The van der Waals surface area contributed by atoms with E-state index in [-0.39, 0.29) is 11.9 Å². The summed E-state index contributed by atoms with van der Waals surface area (Å²) >= 11 is 6.08. The lowest BCUT2D eigenvalue weighted by atomic mass is 10.1. The van der Waals surface area contributed by atoms with Crippen molar-refractivity contribution in [2.24, 2.45) is 0 Å². The Balaban J connectivity index is 1.86. The molecule has 0 aliphatic heterocycles. The van der Waals surface area contributed by atoms with E-state index in [2.05, 4.69) is 10.3 Å². The predicted octanol–water partition coefficient (Wildman–Crippen LogP) is 5.10. The highest BCUT2D eigenvalue weighted by Gasteiger charge is 2.11. The molecular weight excluding hydrogens is 291 g/mol. The van der Waals surface area contributed by atoms with Crippen LogP contribution in [-0.2, 0) is 0 Å². The number of benzene rings is 2. The Morgan fingerprint density at radius 3 is 2.81 bits per heavy atom. The second-order valence-electron chi connectivity index (χ2n) is 4.95. The van der Waals surface area contributed by atoms with Crippen molar-refractivity contribution >= 4 is 28.4 Å². The molecule has 1 heterocycles. The molecule has 0 bridgehead atoms. The van der Waals surface area contributed by atoms with Gasteiger partial charge in [0.2, 0.25) is 0 Å². The largest absolute Gasteiger partial charge is 0.441 e. The topological polar surface area (TPSA) is 38.1 Å². The summed E-state index contributed by atoms with van der Waals surface area (Å²) in [7, 11) is 0. The quantitative estimate of drug-likeness (QED) is 0.731. The normalized spacial score (nSPS) is 12.6. The number of nitrogens with zero attached hydrogens (tertiary/aromatic N) is 1. The van der Waals surface area contributed by atoms with Crippen molar-refractivity contribution < 1.29 is 8.81 Å². The number of anilines is 1. The van der Waals surface area contributed by atoms with E-state index in [0.717, 1.165) is 22.4 Å². The number of nitrogens with one attached hydrogen (secondary N) is 1. The average Bonchev–Trinajstić information content (AvgIpc) is 2.77. The maximum atomic E-state index is 13.1. The molecule has 3 rings (SSSR count). The highest BCUT2D eigenvalue weighted by molar-refractivity contribution is 6.31. The second-order valence-corrected chi connectivity index (χ2v) is 5.35. The van der Waals surface area contributed by atoms with Crippen LogP contribution in [0.4, 0.5) is 10.1 Å². The Morgan fingerprint density at radius 2 is 2.05 bits per heavy atom. The van der Waals surface area contributed by atoms with Crippen LogP contribution in [0, 0.1) is 12.7 Å². The van der Waals surface area contributed by atoms with Gasteiger partial charge in [0.15, 0.2) is 11.5 Å². The van der Waals surface area contributed by atoms with Gasteiger partial charge in [-0.2, -0.15) is 0 Å². The summed E-state index contributed by atoms with van der Waals surface area (Å²) in [5.41, 5.74) is 3.30. The van der Waals surface area contributed by atoms with Crippen LogP contribution >= 0.6 is 11.6 Å². The molecule has 1 atom stereocenters. The average molecular weight is 305 g/mol. The van der Waals surface area contributed by atoms with Crippen LogP contribution in [0.25, 0.3) is 11.1 Å². The molecule has 0 amide bonds. The number of aryl methyl sites for hydroxylation is 1. The molecular formula is C16H14ClFN2O. The molecule has 0 aliphatic rings. The van der Waals surface area contributed by atoms with Crippen molar-refractivity contribution in [1.82, 2.24) is 4.98 Å². The molecule has 0 saturated carbocycles. The highest BCUT2D eigenvalue weighted by Crippen LogP contribution is 2.28. The van der Waals surface area contributed by atoms with Crippen molar-refractivity contribution in [3.05, 3.63) is 58.7 Å². The van der Waals surface area contributed by atoms with Crippen LogP contribution in [0.3, 0.4) is 0 Å². The van der Waals surface area contributed by atoms with E-state index < -0.39 is 0 Å². The maximum absolute atomic E-state index is 13.1. The molecule has 1 N–H and O–H groups in total. The minimum Gasteiger partial charge on any atom is -0.441 e. The first-order valence-electron chi connectivity index (χ1n) is 6.61. The Bertz CT molecular complexity index is 800. The molecule has 0 radical (unpaired) electrons. The van der Waals surface area contributed by atoms with Crippen molar-refractivity contribution in [3.8, 4) is 0 Å². The Morgan fingerprint density at radius 1 is 1.24 bits per heavy atom. The Labute approximate surface area is 126 Å². The Hall–Kier alpha value is -2.07. The van der Waals surface area contributed by atoms with Crippen LogP contribution < -0.4 is 5.32 Å². The van der Waals surface area contributed by atoms with E-state index in [1.165, 1.54) is 12.1 Å². The van der Waals surface area contributed by atoms with Gasteiger partial charge in [-0.1, -0.05) is 17.7 Å². The molecule has 0 aliphatic carbocycles. The number of aromatic nitrogens is 1.